The summed E-state index contributed by atoms with van der Waals surface area (Å²) >= 11 is 0. The Kier molecular flexibility index (Phi) is 4.40. The summed E-state index contributed by atoms with van der Waals surface area (Å²) in [5.41, 5.74) is 3.11. The van der Waals surface area contributed by atoms with Crippen molar-refractivity contribution in [2.24, 2.45) is 0 Å². The van der Waals surface area contributed by atoms with Gasteiger partial charge in [-0.3, -0.25) is 4.79 Å². The second-order valence-corrected chi connectivity index (χ2v) is 7.39. The molecule has 0 bridgehead atoms. The third-order valence-corrected chi connectivity index (χ3v) is 5.37. The van der Waals surface area contributed by atoms with Crippen molar-refractivity contribution in [3.63, 3.8) is 0 Å². The van der Waals surface area contributed by atoms with E-state index in [1.54, 1.807) is 17.0 Å². The van der Waals surface area contributed by atoms with Gasteiger partial charge in [0.15, 0.2) is 0 Å². The maximum absolute atomic E-state index is 13.3. The standard InChI is InChI=1S/C25H19N3O3/c1-16-7-5-10-18(13-16)28-24(29)20-14-27(15-21(23(20)26-28)25(30)31-2)22-12-6-9-17-8-3-4-11-19(17)22/h3-15H,1-2H3. The molecule has 0 N–H and O–H groups in total. The minimum Gasteiger partial charge on any atom is -0.465 e. The topological polar surface area (TPSA) is 66.1 Å². The highest BCUT2D eigenvalue weighted by molar-refractivity contribution is 5.97. The van der Waals surface area contributed by atoms with Gasteiger partial charge in [0.2, 0.25) is 0 Å². The van der Waals surface area contributed by atoms with Crippen LogP contribution < -0.4 is 5.56 Å². The fraction of sp³-hybridized carbons (Fsp3) is 0.0800. The Bertz CT molecular complexity index is 1470. The number of methoxy groups -OCH3 is 1. The first-order valence-corrected chi connectivity index (χ1v) is 9.85. The summed E-state index contributed by atoms with van der Waals surface area (Å²) in [6, 6.07) is 21.4. The minimum atomic E-state index is -0.548. The van der Waals surface area contributed by atoms with Crippen LogP contribution in [-0.2, 0) is 4.74 Å². The van der Waals surface area contributed by atoms with Crippen molar-refractivity contribution >= 4 is 16.7 Å². The molecule has 6 heteroatoms. The first-order valence-electron chi connectivity index (χ1n) is 9.85. The van der Waals surface area contributed by atoms with Gasteiger partial charge < -0.3 is 9.30 Å². The maximum Gasteiger partial charge on any atom is 0.341 e. The van der Waals surface area contributed by atoms with E-state index in [0.717, 1.165) is 22.0 Å². The Labute approximate surface area is 178 Å². The number of hydrogen-bond donors (Lipinski definition) is 0. The Balaban J connectivity index is 1.82. The highest BCUT2D eigenvalue weighted by Gasteiger charge is 2.25. The van der Waals surface area contributed by atoms with Crippen LogP contribution in [-0.4, -0.2) is 27.4 Å². The number of nitrogens with zero attached hydrogens (tertiary/aromatic N) is 3. The molecule has 31 heavy (non-hydrogen) atoms. The molecule has 0 aliphatic carbocycles. The molecule has 0 radical (unpaired) electrons. The summed E-state index contributed by atoms with van der Waals surface area (Å²) in [5.74, 6) is -0.548. The van der Waals surface area contributed by atoms with Crippen molar-refractivity contribution < 1.29 is 9.53 Å². The van der Waals surface area contributed by atoms with Gasteiger partial charge in [0, 0.05) is 17.8 Å². The second-order valence-electron chi connectivity index (χ2n) is 7.39. The minimum absolute atomic E-state index is 0.233. The van der Waals surface area contributed by atoms with Crippen LogP contribution in [0.25, 0.3) is 33.4 Å². The number of benzene rings is 3. The Morgan fingerprint density at radius 3 is 2.55 bits per heavy atom. The van der Waals surface area contributed by atoms with Crippen molar-refractivity contribution in [1.29, 1.82) is 0 Å². The van der Waals surface area contributed by atoms with Crippen molar-refractivity contribution in [3.8, 4) is 22.6 Å². The molecule has 6 nitrogen and oxygen atoms in total. The van der Waals surface area contributed by atoms with Gasteiger partial charge in [-0.15, -0.1) is 0 Å². The summed E-state index contributed by atoms with van der Waals surface area (Å²) < 4.78 is 8.12. The smallest absolute Gasteiger partial charge is 0.341 e. The first-order chi connectivity index (χ1) is 15.1. The van der Waals surface area contributed by atoms with Gasteiger partial charge in [0.05, 0.1) is 24.0 Å². The molecule has 5 rings (SSSR count). The normalized spacial score (nSPS) is 11.2. The van der Waals surface area contributed by atoms with Crippen molar-refractivity contribution in [2.75, 3.05) is 7.11 Å². The van der Waals surface area contributed by atoms with Crippen LogP contribution in [0.3, 0.4) is 0 Å². The number of fused-ring (bicyclic) bond motifs is 2. The highest BCUT2D eigenvalue weighted by atomic mass is 16.5. The SMILES string of the molecule is COC(=O)c1cn(-c2cccc3ccccc23)cc2c(=O)n(-c3cccc(C)c3)nc1-2. The third-order valence-electron chi connectivity index (χ3n) is 5.37. The fourth-order valence-electron chi connectivity index (χ4n) is 3.87. The molecule has 2 aliphatic rings. The lowest BCUT2D eigenvalue weighted by Gasteiger charge is -2.14. The van der Waals surface area contributed by atoms with E-state index in [1.807, 2.05) is 73.7 Å². The number of carbonyl (C=O) groups excluding carboxylic acids is 1. The van der Waals surface area contributed by atoms with E-state index in [9.17, 15) is 9.59 Å². The predicted octanol–water partition coefficient (Wildman–Crippen LogP) is 4.38. The zero-order valence-corrected chi connectivity index (χ0v) is 17.1. The van der Waals surface area contributed by atoms with Gasteiger partial charge in [-0.05, 0) is 36.1 Å². The predicted molar refractivity (Wildman–Crippen MR) is 119 cm³/mol. The van der Waals surface area contributed by atoms with Gasteiger partial charge >= 0.3 is 5.97 Å². The van der Waals surface area contributed by atoms with Gasteiger partial charge in [0.25, 0.3) is 5.56 Å². The van der Waals surface area contributed by atoms with Crippen LogP contribution in [0.2, 0.25) is 0 Å². The number of hydrogen-bond acceptors (Lipinski definition) is 4. The molecule has 0 atom stereocenters. The Morgan fingerprint density at radius 1 is 0.968 bits per heavy atom. The van der Waals surface area contributed by atoms with E-state index in [2.05, 4.69) is 5.10 Å². The van der Waals surface area contributed by atoms with Crippen molar-refractivity contribution in [1.82, 2.24) is 14.3 Å². The molecule has 3 aromatic carbocycles. The van der Waals surface area contributed by atoms with Crippen LogP contribution in [0.4, 0.5) is 0 Å². The van der Waals surface area contributed by atoms with Crippen LogP contribution >= 0.6 is 0 Å². The lowest BCUT2D eigenvalue weighted by molar-refractivity contribution is 0.0600. The molecule has 0 saturated carbocycles. The van der Waals surface area contributed by atoms with E-state index in [0.29, 0.717) is 16.9 Å². The molecular weight excluding hydrogens is 390 g/mol. The van der Waals surface area contributed by atoms with Gasteiger partial charge in [-0.25, -0.2) is 4.79 Å². The zero-order valence-electron chi connectivity index (χ0n) is 17.1. The van der Waals surface area contributed by atoms with E-state index in [4.69, 9.17) is 4.74 Å². The fourth-order valence-corrected chi connectivity index (χ4v) is 3.87. The molecule has 0 saturated heterocycles. The highest BCUT2D eigenvalue weighted by Crippen LogP contribution is 2.28. The number of rotatable bonds is 3. The molecule has 0 spiro atoms. The lowest BCUT2D eigenvalue weighted by Crippen LogP contribution is -2.15. The number of ether oxygens (including phenoxy) is 1. The lowest BCUT2D eigenvalue weighted by atomic mass is 10.1. The second kappa shape index (κ2) is 7.25. The molecule has 0 fully saturated rings. The molecule has 0 aromatic heterocycles. The molecular formula is C25H19N3O3. The number of aryl methyl sites for hydroxylation is 1. The van der Waals surface area contributed by atoms with Crippen LogP contribution in [0.5, 0.6) is 0 Å². The molecule has 2 aliphatic heterocycles. The average Bonchev–Trinajstić information content (AvgIpc) is 3.14. The quantitative estimate of drug-likeness (QED) is 0.415. The molecule has 0 unspecified atom stereocenters. The monoisotopic (exact) mass is 409 g/mol. The summed E-state index contributed by atoms with van der Waals surface area (Å²) in [7, 11) is 1.32. The van der Waals surface area contributed by atoms with Crippen LogP contribution in [0.1, 0.15) is 15.9 Å². The third kappa shape index (κ3) is 3.09. The Morgan fingerprint density at radius 2 is 1.74 bits per heavy atom. The van der Waals surface area contributed by atoms with E-state index < -0.39 is 5.97 Å². The van der Waals surface area contributed by atoms with E-state index in [-0.39, 0.29) is 11.1 Å². The Hall–Kier alpha value is -4.19. The largest absolute Gasteiger partial charge is 0.465 e. The van der Waals surface area contributed by atoms with Gasteiger partial charge in [0.1, 0.15) is 11.3 Å². The number of esters is 1. The summed E-state index contributed by atoms with van der Waals surface area (Å²) in [4.78, 5) is 25.9. The zero-order chi connectivity index (χ0) is 21.5. The van der Waals surface area contributed by atoms with Crippen LogP contribution in [0, 0.1) is 6.92 Å². The molecule has 2 heterocycles. The summed E-state index contributed by atoms with van der Waals surface area (Å²) in [5, 5.41) is 6.54. The summed E-state index contributed by atoms with van der Waals surface area (Å²) in [6.45, 7) is 1.95. The van der Waals surface area contributed by atoms with Crippen LogP contribution in [0.15, 0.2) is 83.9 Å². The van der Waals surface area contributed by atoms with E-state index >= 15 is 0 Å². The number of aromatic nitrogens is 3. The first kappa shape index (κ1) is 18.8. The number of carbonyl (C=O) groups is 1. The molecule has 3 aromatic rings. The van der Waals surface area contributed by atoms with Crippen molar-refractivity contribution in [3.05, 3.63) is 101 Å². The maximum atomic E-state index is 13.3. The average molecular weight is 409 g/mol. The van der Waals surface area contributed by atoms with E-state index in [1.165, 1.54) is 11.8 Å². The molecule has 0 amide bonds. The van der Waals surface area contributed by atoms with Gasteiger partial charge in [-0.1, -0.05) is 48.5 Å². The van der Waals surface area contributed by atoms with Crippen molar-refractivity contribution in [2.45, 2.75) is 6.92 Å². The summed E-state index contributed by atoms with van der Waals surface area (Å²) in [6.07, 6.45) is 3.40. The molecule has 152 valence electrons. The number of pyridine rings is 1. The van der Waals surface area contributed by atoms with Gasteiger partial charge in [-0.2, -0.15) is 9.78 Å².